The van der Waals surface area contributed by atoms with Crippen LogP contribution in [0.15, 0.2) is 65.6 Å². The van der Waals surface area contributed by atoms with E-state index in [9.17, 15) is 0 Å². The van der Waals surface area contributed by atoms with Crippen LogP contribution < -0.4 is 0 Å². The summed E-state index contributed by atoms with van der Waals surface area (Å²) in [6, 6.07) is 20.5. The summed E-state index contributed by atoms with van der Waals surface area (Å²) in [4.78, 5) is 0.987. The molecule has 0 radical (unpaired) electrons. The molecule has 0 aliphatic rings. The number of hydrogen-bond donors (Lipinski definition) is 1. The minimum absolute atomic E-state index is 0.987. The van der Waals surface area contributed by atoms with Crippen LogP contribution in [0.25, 0.3) is 10.8 Å². The third-order valence-corrected chi connectivity index (χ3v) is 3.68. The number of fused-ring (bicyclic) bond motifs is 1. The smallest absolute Gasteiger partial charge is 0.0328 e. The first-order chi connectivity index (χ1) is 9.74. The topological polar surface area (TPSA) is 0 Å². The minimum Gasteiger partial charge on any atom is -0.143 e. The van der Waals surface area contributed by atoms with Gasteiger partial charge in [0.15, 0.2) is 0 Å². The molecule has 0 aliphatic heterocycles. The van der Waals surface area contributed by atoms with E-state index in [-0.39, 0.29) is 0 Å². The fraction of sp³-hybridized carbons (Fsp3) is 0.0526. The Hall–Kier alpha value is -2.17. The fourth-order valence-corrected chi connectivity index (χ4v) is 2.44. The molecule has 0 bridgehead atoms. The third-order valence-electron chi connectivity index (χ3n) is 3.29. The SMILES string of the molecule is Cc1ccc(C#Cc2ccc(S)c3ccccc23)cc1. The van der Waals surface area contributed by atoms with Gasteiger partial charge in [-0.05, 0) is 42.0 Å². The van der Waals surface area contributed by atoms with Gasteiger partial charge in [0, 0.05) is 16.0 Å². The normalized spacial score (nSPS) is 10.1. The Bertz CT molecular complexity index is 818. The van der Waals surface area contributed by atoms with Crippen LogP contribution in [0.5, 0.6) is 0 Å². The van der Waals surface area contributed by atoms with E-state index in [0.29, 0.717) is 0 Å². The number of thiol groups is 1. The maximum atomic E-state index is 4.50. The summed E-state index contributed by atoms with van der Waals surface area (Å²) in [5.74, 6) is 6.49. The van der Waals surface area contributed by atoms with Crippen molar-refractivity contribution in [2.24, 2.45) is 0 Å². The third kappa shape index (κ3) is 2.57. The molecule has 0 amide bonds. The summed E-state index contributed by atoms with van der Waals surface area (Å²) in [7, 11) is 0. The van der Waals surface area contributed by atoms with Gasteiger partial charge in [0.2, 0.25) is 0 Å². The molecule has 0 spiro atoms. The summed E-state index contributed by atoms with van der Waals surface area (Å²) in [5, 5.41) is 2.30. The van der Waals surface area contributed by atoms with E-state index < -0.39 is 0 Å². The van der Waals surface area contributed by atoms with E-state index in [0.717, 1.165) is 26.8 Å². The van der Waals surface area contributed by atoms with Crippen molar-refractivity contribution >= 4 is 23.4 Å². The zero-order valence-corrected chi connectivity index (χ0v) is 12.1. The van der Waals surface area contributed by atoms with E-state index in [1.54, 1.807) is 0 Å². The lowest BCUT2D eigenvalue weighted by molar-refractivity contribution is 1.46. The molecule has 3 rings (SSSR count). The van der Waals surface area contributed by atoms with Crippen molar-refractivity contribution in [2.75, 3.05) is 0 Å². The Balaban J connectivity index is 2.08. The van der Waals surface area contributed by atoms with Crippen molar-refractivity contribution in [1.29, 1.82) is 0 Å². The summed E-state index contributed by atoms with van der Waals surface area (Å²) in [6.07, 6.45) is 0. The first kappa shape index (κ1) is 12.8. The highest BCUT2D eigenvalue weighted by atomic mass is 32.1. The van der Waals surface area contributed by atoms with Gasteiger partial charge in [-0.15, -0.1) is 12.6 Å². The highest BCUT2D eigenvalue weighted by molar-refractivity contribution is 7.80. The van der Waals surface area contributed by atoms with Crippen LogP contribution in [0.4, 0.5) is 0 Å². The van der Waals surface area contributed by atoms with Gasteiger partial charge in [0.25, 0.3) is 0 Å². The maximum absolute atomic E-state index is 4.50. The van der Waals surface area contributed by atoms with Gasteiger partial charge in [0.05, 0.1) is 0 Å². The van der Waals surface area contributed by atoms with Gasteiger partial charge in [0.1, 0.15) is 0 Å². The molecule has 0 atom stereocenters. The van der Waals surface area contributed by atoms with Gasteiger partial charge in [-0.3, -0.25) is 0 Å². The molecule has 0 N–H and O–H groups in total. The lowest BCUT2D eigenvalue weighted by Gasteiger charge is -2.03. The van der Waals surface area contributed by atoms with Crippen LogP contribution in [0.3, 0.4) is 0 Å². The van der Waals surface area contributed by atoms with Gasteiger partial charge < -0.3 is 0 Å². The van der Waals surface area contributed by atoms with E-state index in [1.165, 1.54) is 5.56 Å². The lowest BCUT2D eigenvalue weighted by atomic mass is 10.0. The zero-order chi connectivity index (χ0) is 13.9. The molecule has 0 saturated carbocycles. The molecular weight excluding hydrogens is 260 g/mol. The Labute approximate surface area is 124 Å². The van der Waals surface area contributed by atoms with Crippen LogP contribution in [-0.2, 0) is 0 Å². The summed E-state index contributed by atoms with van der Waals surface area (Å²) >= 11 is 4.50. The van der Waals surface area contributed by atoms with Crippen molar-refractivity contribution in [3.8, 4) is 11.8 Å². The molecule has 0 fully saturated rings. The molecule has 20 heavy (non-hydrogen) atoms. The van der Waals surface area contributed by atoms with Crippen molar-refractivity contribution in [3.05, 3.63) is 77.4 Å². The number of rotatable bonds is 0. The number of aryl methyl sites for hydroxylation is 1. The van der Waals surface area contributed by atoms with Crippen LogP contribution in [0.1, 0.15) is 16.7 Å². The Morgan fingerprint density at radius 3 is 2.20 bits per heavy atom. The molecule has 3 aromatic carbocycles. The average molecular weight is 274 g/mol. The molecule has 0 unspecified atom stereocenters. The minimum atomic E-state index is 0.987. The number of hydrogen-bond acceptors (Lipinski definition) is 1. The highest BCUT2D eigenvalue weighted by Gasteiger charge is 2.00. The van der Waals surface area contributed by atoms with Crippen LogP contribution in [0, 0.1) is 18.8 Å². The van der Waals surface area contributed by atoms with Crippen LogP contribution in [0.2, 0.25) is 0 Å². The lowest BCUT2D eigenvalue weighted by Crippen LogP contribution is -1.82. The summed E-state index contributed by atoms with van der Waals surface area (Å²) < 4.78 is 0. The molecule has 1 heteroatoms. The second-order valence-corrected chi connectivity index (χ2v) is 5.28. The van der Waals surface area contributed by atoms with Crippen molar-refractivity contribution in [3.63, 3.8) is 0 Å². The molecule has 0 aromatic heterocycles. The largest absolute Gasteiger partial charge is 0.143 e. The quantitative estimate of drug-likeness (QED) is 0.440. The van der Waals surface area contributed by atoms with Crippen LogP contribution >= 0.6 is 12.6 Å². The summed E-state index contributed by atoms with van der Waals surface area (Å²) in [6.45, 7) is 2.08. The van der Waals surface area contributed by atoms with Crippen molar-refractivity contribution in [1.82, 2.24) is 0 Å². The average Bonchev–Trinajstić information content (AvgIpc) is 2.49. The highest BCUT2D eigenvalue weighted by Crippen LogP contribution is 2.24. The molecule has 0 heterocycles. The maximum Gasteiger partial charge on any atom is 0.0328 e. The van der Waals surface area contributed by atoms with Gasteiger partial charge >= 0.3 is 0 Å². The molecule has 3 aromatic rings. The van der Waals surface area contributed by atoms with Gasteiger partial charge in [-0.25, -0.2) is 0 Å². The summed E-state index contributed by atoms with van der Waals surface area (Å²) in [5.41, 5.74) is 3.33. The predicted molar refractivity (Wildman–Crippen MR) is 88.4 cm³/mol. The second kappa shape index (κ2) is 5.45. The Morgan fingerprint density at radius 2 is 1.45 bits per heavy atom. The van der Waals surface area contributed by atoms with Crippen molar-refractivity contribution < 1.29 is 0 Å². The fourth-order valence-electron chi connectivity index (χ4n) is 2.17. The van der Waals surface area contributed by atoms with E-state index in [1.807, 2.05) is 24.3 Å². The predicted octanol–water partition coefficient (Wildman–Crippen LogP) is 4.84. The molecule has 0 aliphatic carbocycles. The number of benzene rings is 3. The zero-order valence-electron chi connectivity index (χ0n) is 11.2. The monoisotopic (exact) mass is 274 g/mol. The molecule has 96 valence electrons. The first-order valence-electron chi connectivity index (χ1n) is 6.53. The van der Waals surface area contributed by atoms with Gasteiger partial charge in [-0.1, -0.05) is 53.8 Å². The molecular formula is C19H14S. The van der Waals surface area contributed by atoms with E-state index in [2.05, 4.69) is 67.8 Å². The van der Waals surface area contributed by atoms with E-state index >= 15 is 0 Å². The first-order valence-corrected chi connectivity index (χ1v) is 6.98. The van der Waals surface area contributed by atoms with E-state index in [4.69, 9.17) is 0 Å². The van der Waals surface area contributed by atoms with Gasteiger partial charge in [-0.2, -0.15) is 0 Å². The molecule has 0 saturated heterocycles. The van der Waals surface area contributed by atoms with Crippen molar-refractivity contribution in [2.45, 2.75) is 11.8 Å². The standard InChI is InChI=1S/C19H14S/c1-14-6-8-15(9-7-14)10-11-16-12-13-19(20)18-5-3-2-4-17(16)18/h2-9,12-13,20H,1H3. The Morgan fingerprint density at radius 1 is 0.750 bits per heavy atom. The van der Waals surface area contributed by atoms with Crippen LogP contribution in [-0.4, -0.2) is 0 Å². The Kier molecular flexibility index (Phi) is 3.50. The second-order valence-electron chi connectivity index (χ2n) is 4.79. The molecule has 0 nitrogen and oxygen atoms in total.